The molecule has 5 nitrogen and oxygen atoms in total. The zero-order chi connectivity index (χ0) is 19.1. The van der Waals surface area contributed by atoms with Crippen LogP contribution in [0.4, 0.5) is 0 Å². The molecule has 1 aliphatic rings. The molecule has 0 amide bonds. The third kappa shape index (κ3) is 6.40. The van der Waals surface area contributed by atoms with Gasteiger partial charge >= 0.3 is 0 Å². The van der Waals surface area contributed by atoms with Gasteiger partial charge in [0.1, 0.15) is 0 Å². The Hall–Kier alpha value is -0.710. The van der Waals surface area contributed by atoms with Gasteiger partial charge in [-0.2, -0.15) is 0 Å². The van der Waals surface area contributed by atoms with Crippen LogP contribution >= 0.6 is 46.7 Å². The van der Waals surface area contributed by atoms with Gasteiger partial charge in [-0.1, -0.05) is 13.0 Å². The van der Waals surface area contributed by atoms with E-state index in [0.717, 1.165) is 31.2 Å². The average Bonchev–Trinajstić information content (AvgIpc) is 3.35. The molecule has 2 atom stereocenters. The number of nitrogens with zero attached hydrogens (tertiary/aromatic N) is 3. The van der Waals surface area contributed by atoms with Crippen LogP contribution in [0, 0.1) is 5.92 Å². The van der Waals surface area contributed by atoms with Crippen LogP contribution in [0.5, 0.6) is 0 Å². The summed E-state index contributed by atoms with van der Waals surface area (Å²) >= 11 is 3.60. The van der Waals surface area contributed by atoms with Crippen LogP contribution in [0.15, 0.2) is 27.9 Å². The van der Waals surface area contributed by atoms with Crippen LogP contribution in [-0.4, -0.2) is 42.5 Å². The zero-order valence-corrected chi connectivity index (χ0v) is 20.9. The molecular formula is C20H32IN5S2. The predicted octanol–water partition coefficient (Wildman–Crippen LogP) is 4.52. The zero-order valence-electron chi connectivity index (χ0n) is 17.0. The van der Waals surface area contributed by atoms with E-state index in [4.69, 9.17) is 4.99 Å². The van der Waals surface area contributed by atoms with E-state index in [1.54, 1.807) is 11.3 Å². The molecule has 0 spiro atoms. The first kappa shape index (κ1) is 23.6. The number of thiophene rings is 1. The molecular weight excluding hydrogens is 501 g/mol. The molecule has 0 saturated carbocycles. The number of piperidine rings is 1. The van der Waals surface area contributed by atoms with Crippen molar-refractivity contribution in [1.82, 2.24) is 20.5 Å². The Morgan fingerprint density at radius 3 is 2.86 bits per heavy atom. The number of aryl methyl sites for hydroxylation is 1. The molecule has 2 N–H and O–H groups in total. The minimum atomic E-state index is 0. The van der Waals surface area contributed by atoms with Gasteiger partial charge < -0.3 is 10.6 Å². The molecule has 1 aliphatic heterocycles. The highest BCUT2D eigenvalue weighted by atomic mass is 127. The Bertz CT molecular complexity index is 716. The smallest absolute Gasteiger partial charge is 0.191 e. The SMILES string of the molecule is CCNC(=NCc1csc(CC)n1)NCC1CCCN(C)C1c1cccs1.I. The van der Waals surface area contributed by atoms with Gasteiger partial charge in [-0.15, -0.1) is 46.7 Å². The first-order valence-corrected chi connectivity index (χ1v) is 11.7. The molecule has 3 rings (SSSR count). The van der Waals surface area contributed by atoms with Gasteiger partial charge in [0.15, 0.2) is 5.96 Å². The van der Waals surface area contributed by atoms with E-state index >= 15 is 0 Å². The van der Waals surface area contributed by atoms with Crippen LogP contribution < -0.4 is 10.6 Å². The Kier molecular flexibility index (Phi) is 10.2. The quantitative estimate of drug-likeness (QED) is 0.312. The molecule has 0 aliphatic carbocycles. The molecule has 0 radical (unpaired) electrons. The van der Waals surface area contributed by atoms with Crippen LogP contribution in [0.25, 0.3) is 0 Å². The Labute approximate surface area is 194 Å². The maximum Gasteiger partial charge on any atom is 0.191 e. The summed E-state index contributed by atoms with van der Waals surface area (Å²) in [5, 5.41) is 12.5. The van der Waals surface area contributed by atoms with Gasteiger partial charge in [0.25, 0.3) is 0 Å². The number of halogens is 1. The van der Waals surface area contributed by atoms with Crippen molar-refractivity contribution in [3.05, 3.63) is 38.5 Å². The third-order valence-electron chi connectivity index (χ3n) is 5.02. The second-order valence-corrected chi connectivity index (χ2v) is 8.93. The number of hydrogen-bond donors (Lipinski definition) is 2. The molecule has 0 aromatic carbocycles. The van der Waals surface area contributed by atoms with E-state index in [0.29, 0.717) is 18.5 Å². The molecule has 2 aromatic heterocycles. The van der Waals surface area contributed by atoms with E-state index in [9.17, 15) is 0 Å². The fourth-order valence-corrected chi connectivity index (χ4v) is 5.42. The van der Waals surface area contributed by atoms with E-state index in [2.05, 4.69) is 64.3 Å². The van der Waals surface area contributed by atoms with Crippen molar-refractivity contribution in [3.63, 3.8) is 0 Å². The summed E-state index contributed by atoms with van der Waals surface area (Å²) in [5.41, 5.74) is 1.06. The number of likely N-dealkylation sites (tertiary alicyclic amines) is 1. The monoisotopic (exact) mass is 533 g/mol. The molecule has 1 saturated heterocycles. The lowest BCUT2D eigenvalue weighted by Crippen LogP contribution is -2.44. The number of guanidine groups is 1. The number of nitrogens with one attached hydrogen (secondary N) is 2. The first-order valence-electron chi connectivity index (χ1n) is 9.90. The van der Waals surface area contributed by atoms with Crippen molar-refractivity contribution in [2.45, 2.75) is 45.7 Å². The molecule has 0 bridgehead atoms. The number of rotatable bonds is 7. The number of hydrogen-bond acceptors (Lipinski definition) is 5. The molecule has 3 heterocycles. The summed E-state index contributed by atoms with van der Waals surface area (Å²) in [5.74, 6) is 1.49. The molecule has 156 valence electrons. The molecule has 2 aromatic rings. The van der Waals surface area contributed by atoms with Gasteiger partial charge in [-0.3, -0.25) is 4.90 Å². The van der Waals surface area contributed by atoms with E-state index in [1.807, 2.05) is 11.3 Å². The average molecular weight is 534 g/mol. The highest BCUT2D eigenvalue weighted by Crippen LogP contribution is 2.36. The van der Waals surface area contributed by atoms with Gasteiger partial charge in [0.2, 0.25) is 0 Å². The Morgan fingerprint density at radius 2 is 2.18 bits per heavy atom. The van der Waals surface area contributed by atoms with E-state index in [1.165, 1.54) is 29.3 Å². The number of aliphatic imine (C=N–C) groups is 1. The second-order valence-electron chi connectivity index (χ2n) is 7.01. The Balaban J connectivity index is 0.00000280. The minimum absolute atomic E-state index is 0. The van der Waals surface area contributed by atoms with Gasteiger partial charge in [0, 0.05) is 29.4 Å². The van der Waals surface area contributed by atoms with Gasteiger partial charge in [-0.25, -0.2) is 9.98 Å². The summed E-state index contributed by atoms with van der Waals surface area (Å²) < 4.78 is 0. The highest BCUT2D eigenvalue weighted by Gasteiger charge is 2.31. The fourth-order valence-electron chi connectivity index (χ4n) is 3.70. The summed E-state index contributed by atoms with van der Waals surface area (Å²) in [6.45, 7) is 7.86. The fraction of sp³-hybridized carbons (Fsp3) is 0.600. The third-order valence-corrected chi connectivity index (χ3v) is 7.00. The molecule has 2 unspecified atom stereocenters. The minimum Gasteiger partial charge on any atom is -0.357 e. The lowest BCUT2D eigenvalue weighted by molar-refractivity contribution is 0.125. The lowest BCUT2D eigenvalue weighted by atomic mass is 9.88. The predicted molar refractivity (Wildman–Crippen MR) is 132 cm³/mol. The second kappa shape index (κ2) is 12.1. The normalized spacial score (nSPS) is 20.6. The maximum atomic E-state index is 4.75. The molecule has 8 heteroatoms. The standard InChI is InChI=1S/C20H31N5S2.HI/c1-4-18-24-16(14-27-18)13-23-20(21-5-2)22-12-15-8-6-10-25(3)19(15)17-9-7-11-26-17;/h7,9,11,14-15,19H,4-6,8,10,12-13H2,1-3H3,(H2,21,22,23);1H. The van der Waals surface area contributed by atoms with Crippen LogP contribution in [-0.2, 0) is 13.0 Å². The van der Waals surface area contributed by atoms with Crippen LogP contribution in [0.1, 0.15) is 48.3 Å². The van der Waals surface area contributed by atoms with E-state index in [-0.39, 0.29) is 24.0 Å². The van der Waals surface area contributed by atoms with Crippen LogP contribution in [0.2, 0.25) is 0 Å². The lowest BCUT2D eigenvalue weighted by Gasteiger charge is -2.39. The van der Waals surface area contributed by atoms with Gasteiger partial charge in [0.05, 0.1) is 17.2 Å². The maximum absolute atomic E-state index is 4.75. The first-order chi connectivity index (χ1) is 13.2. The highest BCUT2D eigenvalue weighted by molar-refractivity contribution is 14.0. The summed E-state index contributed by atoms with van der Waals surface area (Å²) in [4.78, 5) is 13.3. The van der Waals surface area contributed by atoms with Gasteiger partial charge in [-0.05, 0) is 57.1 Å². The van der Waals surface area contributed by atoms with Crippen molar-refractivity contribution < 1.29 is 0 Å². The summed E-state index contributed by atoms with van der Waals surface area (Å²) in [6.07, 6.45) is 3.51. The topological polar surface area (TPSA) is 52.6 Å². The van der Waals surface area contributed by atoms with Crippen molar-refractivity contribution in [2.24, 2.45) is 10.9 Å². The number of thiazole rings is 1. The van der Waals surface area contributed by atoms with E-state index < -0.39 is 0 Å². The van der Waals surface area contributed by atoms with Crippen molar-refractivity contribution >= 4 is 52.6 Å². The van der Waals surface area contributed by atoms with Crippen molar-refractivity contribution in [2.75, 3.05) is 26.7 Å². The summed E-state index contributed by atoms with van der Waals surface area (Å²) in [6, 6.07) is 4.94. The summed E-state index contributed by atoms with van der Waals surface area (Å²) in [7, 11) is 2.25. The van der Waals surface area contributed by atoms with Crippen molar-refractivity contribution in [3.8, 4) is 0 Å². The van der Waals surface area contributed by atoms with Crippen LogP contribution in [0.3, 0.4) is 0 Å². The van der Waals surface area contributed by atoms with Crippen molar-refractivity contribution in [1.29, 1.82) is 0 Å². The molecule has 1 fully saturated rings. The molecule has 28 heavy (non-hydrogen) atoms. The Morgan fingerprint density at radius 1 is 1.32 bits per heavy atom. The largest absolute Gasteiger partial charge is 0.357 e. The number of aromatic nitrogens is 1.